The third-order valence-corrected chi connectivity index (χ3v) is 2.67. The lowest BCUT2D eigenvalue weighted by Crippen LogP contribution is -2.06. The number of hydrogen-bond acceptors (Lipinski definition) is 4. The molecule has 1 aromatic carbocycles. The zero-order valence-electron chi connectivity index (χ0n) is 9.81. The van der Waals surface area contributed by atoms with Crippen LogP contribution in [0.3, 0.4) is 0 Å². The zero-order chi connectivity index (χ0) is 13.0. The van der Waals surface area contributed by atoms with Crippen molar-refractivity contribution >= 4 is 17.6 Å². The first-order chi connectivity index (χ1) is 8.70. The number of aromatic nitrogens is 3. The van der Waals surface area contributed by atoms with Gasteiger partial charge in [0.05, 0.1) is 6.61 Å². The van der Waals surface area contributed by atoms with Crippen LogP contribution in [0.5, 0.6) is 0 Å². The van der Waals surface area contributed by atoms with Crippen LogP contribution in [0.15, 0.2) is 24.3 Å². The van der Waals surface area contributed by atoms with Gasteiger partial charge in [-0.05, 0) is 18.6 Å². The van der Waals surface area contributed by atoms with Crippen LogP contribution in [-0.2, 0) is 11.2 Å². The van der Waals surface area contributed by atoms with Gasteiger partial charge in [0.25, 0.3) is 5.82 Å². The van der Waals surface area contributed by atoms with Crippen LogP contribution in [0.4, 0.5) is 0 Å². The smallest absolute Gasteiger partial charge is 0.378 e. The topological polar surface area (TPSA) is 67.9 Å². The van der Waals surface area contributed by atoms with Crippen LogP contribution in [0.25, 0.3) is 0 Å². The molecular weight excluding hydrogens is 254 g/mol. The van der Waals surface area contributed by atoms with Crippen molar-refractivity contribution in [2.24, 2.45) is 0 Å². The monoisotopic (exact) mass is 265 g/mol. The second-order valence-electron chi connectivity index (χ2n) is 3.59. The number of H-pyrrole nitrogens is 1. The van der Waals surface area contributed by atoms with Crippen molar-refractivity contribution < 1.29 is 9.53 Å². The van der Waals surface area contributed by atoms with E-state index in [-0.39, 0.29) is 5.82 Å². The number of ether oxygens (including phenoxy) is 1. The summed E-state index contributed by atoms with van der Waals surface area (Å²) in [6, 6.07) is 7.45. The Balaban J connectivity index is 2.12. The fraction of sp³-hybridized carbons (Fsp3) is 0.250. The Morgan fingerprint density at radius 3 is 2.94 bits per heavy atom. The summed E-state index contributed by atoms with van der Waals surface area (Å²) in [5, 5.41) is 7.17. The van der Waals surface area contributed by atoms with E-state index in [1.54, 1.807) is 13.0 Å². The lowest BCUT2D eigenvalue weighted by Gasteiger charge is -2.00. The molecule has 18 heavy (non-hydrogen) atoms. The molecule has 94 valence electrons. The summed E-state index contributed by atoms with van der Waals surface area (Å²) >= 11 is 6.04. The highest BCUT2D eigenvalue weighted by atomic mass is 35.5. The Kier molecular flexibility index (Phi) is 3.94. The van der Waals surface area contributed by atoms with E-state index in [1.807, 2.05) is 18.2 Å². The quantitative estimate of drug-likeness (QED) is 0.861. The molecule has 0 saturated heterocycles. The maximum absolute atomic E-state index is 11.4. The highest BCUT2D eigenvalue weighted by Crippen LogP contribution is 2.17. The van der Waals surface area contributed by atoms with E-state index in [9.17, 15) is 4.79 Å². The molecule has 0 aliphatic rings. The number of hydrogen-bond donors (Lipinski definition) is 1. The Labute approximate surface area is 109 Å². The molecule has 0 unspecified atom stereocenters. The fourth-order valence-corrected chi connectivity index (χ4v) is 1.69. The summed E-state index contributed by atoms with van der Waals surface area (Å²) in [5.41, 5.74) is 0.922. The molecular formula is C12H12ClN3O2. The highest BCUT2D eigenvalue weighted by molar-refractivity contribution is 6.31. The van der Waals surface area contributed by atoms with Crippen molar-refractivity contribution in [3.05, 3.63) is 46.5 Å². The van der Waals surface area contributed by atoms with Gasteiger partial charge in [-0.3, -0.25) is 5.10 Å². The molecule has 6 heteroatoms. The van der Waals surface area contributed by atoms with Crippen LogP contribution in [-0.4, -0.2) is 27.8 Å². The number of rotatable bonds is 4. The molecule has 0 saturated carbocycles. The first-order valence-corrected chi connectivity index (χ1v) is 5.90. The summed E-state index contributed by atoms with van der Waals surface area (Å²) in [7, 11) is 0. The van der Waals surface area contributed by atoms with Crippen LogP contribution in [0, 0.1) is 0 Å². The van der Waals surface area contributed by atoms with Gasteiger partial charge >= 0.3 is 5.97 Å². The predicted molar refractivity (Wildman–Crippen MR) is 66.6 cm³/mol. The van der Waals surface area contributed by atoms with Gasteiger partial charge in [0, 0.05) is 11.4 Å². The van der Waals surface area contributed by atoms with Gasteiger partial charge in [-0.15, -0.1) is 5.10 Å². The van der Waals surface area contributed by atoms with Gasteiger partial charge in [-0.25, -0.2) is 9.78 Å². The SMILES string of the molecule is CCOC(=O)c1n[nH]c(Cc2ccccc2Cl)n1. The van der Waals surface area contributed by atoms with Gasteiger partial charge in [0.15, 0.2) is 0 Å². The molecule has 0 radical (unpaired) electrons. The normalized spacial score (nSPS) is 10.3. The minimum absolute atomic E-state index is 0.0407. The molecule has 0 spiro atoms. The van der Waals surface area contributed by atoms with E-state index < -0.39 is 5.97 Å². The number of aromatic amines is 1. The van der Waals surface area contributed by atoms with Crippen LogP contribution >= 0.6 is 11.6 Å². The molecule has 2 aromatic rings. The molecule has 1 aromatic heterocycles. The Bertz CT molecular complexity index is 554. The van der Waals surface area contributed by atoms with Gasteiger partial charge in [-0.1, -0.05) is 29.8 Å². The summed E-state index contributed by atoms with van der Waals surface area (Å²) in [4.78, 5) is 15.4. The van der Waals surface area contributed by atoms with E-state index >= 15 is 0 Å². The van der Waals surface area contributed by atoms with Crippen molar-refractivity contribution in [1.29, 1.82) is 0 Å². The van der Waals surface area contributed by atoms with Gasteiger partial charge < -0.3 is 4.74 Å². The van der Waals surface area contributed by atoms with Gasteiger partial charge in [-0.2, -0.15) is 0 Å². The maximum atomic E-state index is 11.4. The molecule has 0 atom stereocenters. The van der Waals surface area contributed by atoms with Gasteiger partial charge in [0.2, 0.25) is 0 Å². The lowest BCUT2D eigenvalue weighted by molar-refractivity contribution is 0.0512. The highest BCUT2D eigenvalue weighted by Gasteiger charge is 2.13. The number of esters is 1. The van der Waals surface area contributed by atoms with Crippen molar-refractivity contribution in [3.63, 3.8) is 0 Å². The van der Waals surface area contributed by atoms with E-state index in [2.05, 4.69) is 15.2 Å². The minimum Gasteiger partial charge on any atom is -0.460 e. The van der Waals surface area contributed by atoms with E-state index in [0.29, 0.717) is 23.9 Å². The maximum Gasteiger partial charge on any atom is 0.378 e. The molecule has 0 fully saturated rings. The van der Waals surface area contributed by atoms with E-state index in [0.717, 1.165) is 5.56 Å². The molecule has 1 N–H and O–H groups in total. The second kappa shape index (κ2) is 5.64. The largest absolute Gasteiger partial charge is 0.460 e. The minimum atomic E-state index is -0.529. The Morgan fingerprint density at radius 1 is 1.44 bits per heavy atom. The summed E-state index contributed by atoms with van der Waals surface area (Å²) in [6.07, 6.45) is 0.492. The number of carbonyl (C=O) groups is 1. The van der Waals surface area contributed by atoms with Crippen LogP contribution in [0.2, 0.25) is 5.02 Å². The van der Waals surface area contributed by atoms with Crippen molar-refractivity contribution in [3.8, 4) is 0 Å². The number of nitrogens with zero attached hydrogens (tertiary/aromatic N) is 2. The second-order valence-corrected chi connectivity index (χ2v) is 4.00. The van der Waals surface area contributed by atoms with Crippen LogP contribution < -0.4 is 0 Å². The number of halogens is 1. The predicted octanol–water partition coefficient (Wildman–Crippen LogP) is 2.23. The third-order valence-electron chi connectivity index (χ3n) is 2.31. The number of carbonyl (C=O) groups excluding carboxylic acids is 1. The average molecular weight is 266 g/mol. The summed E-state index contributed by atoms with van der Waals surface area (Å²) < 4.78 is 4.81. The molecule has 1 heterocycles. The molecule has 0 aliphatic carbocycles. The van der Waals surface area contributed by atoms with Crippen molar-refractivity contribution in [2.45, 2.75) is 13.3 Å². The fourth-order valence-electron chi connectivity index (χ4n) is 1.48. The third kappa shape index (κ3) is 2.87. The van der Waals surface area contributed by atoms with E-state index in [1.165, 1.54) is 0 Å². The average Bonchev–Trinajstić information content (AvgIpc) is 2.81. The van der Waals surface area contributed by atoms with Crippen molar-refractivity contribution in [2.75, 3.05) is 6.61 Å². The molecule has 0 amide bonds. The molecule has 0 aliphatic heterocycles. The Morgan fingerprint density at radius 2 is 2.22 bits per heavy atom. The van der Waals surface area contributed by atoms with E-state index in [4.69, 9.17) is 16.3 Å². The molecule has 5 nitrogen and oxygen atoms in total. The first kappa shape index (κ1) is 12.6. The molecule has 2 rings (SSSR count). The number of benzene rings is 1. The van der Waals surface area contributed by atoms with Gasteiger partial charge in [0.1, 0.15) is 5.82 Å². The summed E-state index contributed by atoms with van der Waals surface area (Å²) in [6.45, 7) is 2.03. The molecule has 0 bridgehead atoms. The number of nitrogens with one attached hydrogen (secondary N) is 1. The lowest BCUT2D eigenvalue weighted by atomic mass is 10.1. The summed E-state index contributed by atoms with van der Waals surface area (Å²) in [5.74, 6) is 0.0872. The zero-order valence-corrected chi connectivity index (χ0v) is 10.6. The first-order valence-electron chi connectivity index (χ1n) is 5.52. The standard InChI is InChI=1S/C12H12ClN3O2/c1-2-18-12(17)11-14-10(15-16-11)7-8-5-3-4-6-9(8)13/h3-6H,2,7H2,1H3,(H,14,15,16). The Hall–Kier alpha value is -1.88. The van der Waals surface area contributed by atoms with Crippen molar-refractivity contribution in [1.82, 2.24) is 15.2 Å². The van der Waals surface area contributed by atoms with Crippen LogP contribution in [0.1, 0.15) is 28.9 Å².